The standard InChI is InChI=1S/C21H27N3O2.2ClH/c22-20(25)17-26-16-15-23-11-13-24(14-12-23)21(18-7-3-1-4-8-18)19-9-5-2-6-10-19;;/h1-10,21H,11-17H2,(H2,22,25);2*1H. The molecule has 0 spiro atoms. The summed E-state index contributed by atoms with van der Waals surface area (Å²) in [6.07, 6.45) is 0. The van der Waals surface area contributed by atoms with Crippen molar-refractivity contribution in [3.8, 4) is 0 Å². The van der Waals surface area contributed by atoms with Gasteiger partial charge in [-0.05, 0) is 11.1 Å². The lowest BCUT2D eigenvalue weighted by atomic mass is 9.96. The molecular weight excluding hydrogens is 397 g/mol. The molecule has 0 aliphatic carbocycles. The van der Waals surface area contributed by atoms with E-state index in [1.54, 1.807) is 0 Å². The van der Waals surface area contributed by atoms with Gasteiger partial charge in [-0.3, -0.25) is 14.6 Å². The summed E-state index contributed by atoms with van der Waals surface area (Å²) in [6, 6.07) is 21.7. The van der Waals surface area contributed by atoms with Crippen LogP contribution < -0.4 is 5.73 Å². The molecule has 1 fully saturated rings. The molecule has 3 rings (SSSR count). The molecule has 1 heterocycles. The first-order valence-electron chi connectivity index (χ1n) is 9.16. The van der Waals surface area contributed by atoms with E-state index < -0.39 is 5.91 Å². The predicted molar refractivity (Wildman–Crippen MR) is 117 cm³/mol. The van der Waals surface area contributed by atoms with Gasteiger partial charge >= 0.3 is 0 Å². The van der Waals surface area contributed by atoms with E-state index >= 15 is 0 Å². The van der Waals surface area contributed by atoms with Gasteiger partial charge in [-0.25, -0.2) is 0 Å². The topological polar surface area (TPSA) is 58.8 Å². The van der Waals surface area contributed by atoms with E-state index in [9.17, 15) is 4.79 Å². The maximum absolute atomic E-state index is 10.7. The molecule has 0 unspecified atom stereocenters. The molecule has 0 radical (unpaired) electrons. The van der Waals surface area contributed by atoms with Gasteiger partial charge in [0.2, 0.25) is 5.91 Å². The van der Waals surface area contributed by atoms with Crippen molar-refractivity contribution < 1.29 is 9.53 Å². The molecule has 1 aliphatic heterocycles. The number of halogens is 2. The number of ether oxygens (including phenoxy) is 1. The largest absolute Gasteiger partial charge is 0.370 e. The molecule has 28 heavy (non-hydrogen) atoms. The van der Waals surface area contributed by atoms with Crippen LogP contribution in [-0.2, 0) is 9.53 Å². The summed E-state index contributed by atoms with van der Waals surface area (Å²) in [6.45, 7) is 5.39. The highest BCUT2D eigenvalue weighted by atomic mass is 35.5. The monoisotopic (exact) mass is 425 g/mol. The van der Waals surface area contributed by atoms with E-state index in [2.05, 4.69) is 70.5 Å². The normalized spacial score (nSPS) is 14.9. The Bertz CT molecular complexity index is 641. The van der Waals surface area contributed by atoms with Gasteiger partial charge in [-0.1, -0.05) is 60.7 Å². The van der Waals surface area contributed by atoms with E-state index in [0.717, 1.165) is 32.7 Å². The predicted octanol–water partition coefficient (Wildman–Crippen LogP) is 2.74. The Balaban J connectivity index is 0.00000196. The zero-order chi connectivity index (χ0) is 18.2. The number of carbonyl (C=O) groups is 1. The third-order valence-corrected chi connectivity index (χ3v) is 4.80. The number of nitrogens with two attached hydrogens (primary N) is 1. The zero-order valence-electron chi connectivity index (χ0n) is 15.9. The van der Waals surface area contributed by atoms with E-state index in [-0.39, 0.29) is 37.5 Å². The average molecular weight is 426 g/mol. The lowest BCUT2D eigenvalue weighted by Crippen LogP contribution is -2.48. The molecule has 2 aromatic carbocycles. The fourth-order valence-electron chi connectivity index (χ4n) is 3.50. The van der Waals surface area contributed by atoms with Gasteiger partial charge in [0.25, 0.3) is 0 Å². The first kappa shape index (κ1) is 24.4. The molecular formula is C21H29Cl2N3O2. The van der Waals surface area contributed by atoms with Gasteiger partial charge in [-0.15, -0.1) is 24.8 Å². The molecule has 0 atom stereocenters. The number of nitrogens with zero attached hydrogens (tertiary/aromatic N) is 2. The minimum absolute atomic E-state index is 0. The van der Waals surface area contributed by atoms with Crippen molar-refractivity contribution in [2.75, 3.05) is 45.9 Å². The smallest absolute Gasteiger partial charge is 0.243 e. The quantitative estimate of drug-likeness (QED) is 0.660. The highest BCUT2D eigenvalue weighted by molar-refractivity contribution is 5.85. The summed E-state index contributed by atoms with van der Waals surface area (Å²) in [7, 11) is 0. The molecule has 1 amide bonds. The molecule has 2 N–H and O–H groups in total. The number of hydrogen-bond donors (Lipinski definition) is 1. The summed E-state index contributed by atoms with van der Waals surface area (Å²) in [5, 5.41) is 0. The second-order valence-electron chi connectivity index (χ2n) is 6.62. The second kappa shape index (κ2) is 12.8. The third-order valence-electron chi connectivity index (χ3n) is 4.80. The first-order chi connectivity index (χ1) is 12.7. The van der Waals surface area contributed by atoms with Crippen LogP contribution in [0.2, 0.25) is 0 Å². The minimum Gasteiger partial charge on any atom is -0.370 e. The Labute approximate surface area is 179 Å². The van der Waals surface area contributed by atoms with Crippen molar-refractivity contribution in [3.63, 3.8) is 0 Å². The van der Waals surface area contributed by atoms with Gasteiger partial charge in [0, 0.05) is 32.7 Å². The van der Waals surface area contributed by atoms with E-state index in [1.807, 2.05) is 0 Å². The Morgan fingerprint density at radius 1 is 0.893 bits per heavy atom. The lowest BCUT2D eigenvalue weighted by Gasteiger charge is -2.39. The molecule has 1 aliphatic rings. The average Bonchev–Trinajstić information content (AvgIpc) is 2.68. The fourth-order valence-corrected chi connectivity index (χ4v) is 3.50. The number of primary amides is 1. The highest BCUT2D eigenvalue weighted by Crippen LogP contribution is 2.29. The van der Waals surface area contributed by atoms with Crippen LogP contribution in [0.5, 0.6) is 0 Å². The Morgan fingerprint density at radius 3 is 1.86 bits per heavy atom. The van der Waals surface area contributed by atoms with Crippen LogP contribution in [0, 0.1) is 0 Å². The lowest BCUT2D eigenvalue weighted by molar-refractivity contribution is -0.122. The van der Waals surface area contributed by atoms with Gasteiger partial charge < -0.3 is 10.5 Å². The number of hydrogen-bond acceptors (Lipinski definition) is 4. The maximum Gasteiger partial charge on any atom is 0.243 e. The first-order valence-corrected chi connectivity index (χ1v) is 9.16. The Kier molecular flexibility index (Phi) is 11.1. The van der Waals surface area contributed by atoms with Crippen molar-refractivity contribution in [1.82, 2.24) is 9.80 Å². The van der Waals surface area contributed by atoms with E-state index in [0.29, 0.717) is 6.61 Å². The van der Waals surface area contributed by atoms with Crippen LogP contribution >= 0.6 is 24.8 Å². The van der Waals surface area contributed by atoms with Crippen LogP contribution in [0.4, 0.5) is 0 Å². The van der Waals surface area contributed by atoms with E-state index in [4.69, 9.17) is 10.5 Å². The summed E-state index contributed by atoms with van der Waals surface area (Å²) in [5.74, 6) is -0.414. The highest BCUT2D eigenvalue weighted by Gasteiger charge is 2.26. The molecule has 0 bridgehead atoms. The van der Waals surface area contributed by atoms with Crippen molar-refractivity contribution in [2.24, 2.45) is 5.73 Å². The summed E-state index contributed by atoms with van der Waals surface area (Å²) >= 11 is 0. The molecule has 154 valence electrons. The molecule has 0 aromatic heterocycles. The van der Waals surface area contributed by atoms with Crippen LogP contribution in [0.25, 0.3) is 0 Å². The van der Waals surface area contributed by atoms with Gasteiger partial charge in [0.1, 0.15) is 6.61 Å². The molecule has 2 aromatic rings. The van der Waals surface area contributed by atoms with Crippen LogP contribution in [0.3, 0.4) is 0 Å². The number of carbonyl (C=O) groups excluding carboxylic acids is 1. The number of amides is 1. The Hall–Kier alpha value is -1.63. The number of benzene rings is 2. The minimum atomic E-state index is -0.414. The molecule has 1 saturated heterocycles. The SMILES string of the molecule is Cl.Cl.NC(=O)COCCN1CCN(C(c2ccccc2)c2ccccc2)CC1. The summed E-state index contributed by atoms with van der Waals surface area (Å²) in [4.78, 5) is 15.6. The van der Waals surface area contributed by atoms with Gasteiger partial charge in [0.15, 0.2) is 0 Å². The van der Waals surface area contributed by atoms with Crippen molar-refractivity contribution in [1.29, 1.82) is 0 Å². The van der Waals surface area contributed by atoms with Crippen molar-refractivity contribution in [2.45, 2.75) is 6.04 Å². The van der Waals surface area contributed by atoms with Crippen LogP contribution in [-0.4, -0.2) is 61.6 Å². The van der Waals surface area contributed by atoms with Gasteiger partial charge in [0.05, 0.1) is 12.6 Å². The molecule has 0 saturated carbocycles. The van der Waals surface area contributed by atoms with E-state index in [1.165, 1.54) is 11.1 Å². The van der Waals surface area contributed by atoms with Gasteiger partial charge in [-0.2, -0.15) is 0 Å². The fraction of sp³-hybridized carbons (Fsp3) is 0.381. The zero-order valence-corrected chi connectivity index (χ0v) is 17.5. The number of piperazine rings is 1. The maximum atomic E-state index is 10.7. The Morgan fingerprint density at radius 2 is 1.39 bits per heavy atom. The van der Waals surface area contributed by atoms with Crippen molar-refractivity contribution in [3.05, 3.63) is 71.8 Å². The summed E-state index contributed by atoms with van der Waals surface area (Å²) in [5.41, 5.74) is 7.75. The summed E-state index contributed by atoms with van der Waals surface area (Å²) < 4.78 is 5.28. The third kappa shape index (κ3) is 7.08. The van der Waals surface area contributed by atoms with Crippen LogP contribution in [0.1, 0.15) is 17.2 Å². The van der Waals surface area contributed by atoms with Crippen molar-refractivity contribution >= 4 is 30.7 Å². The van der Waals surface area contributed by atoms with Crippen LogP contribution in [0.15, 0.2) is 60.7 Å². The molecule has 7 heteroatoms. The molecule has 5 nitrogen and oxygen atoms in total. The second-order valence-corrected chi connectivity index (χ2v) is 6.62. The number of rotatable bonds is 8.